The van der Waals surface area contributed by atoms with Crippen LogP contribution >= 0.6 is 0 Å². The molecule has 0 saturated heterocycles. The summed E-state index contributed by atoms with van der Waals surface area (Å²) in [5.41, 5.74) is 0.445. The highest BCUT2D eigenvalue weighted by Crippen LogP contribution is 2.24. The number of hydrogen-bond acceptors (Lipinski definition) is 4. The number of halogens is 2. The zero-order chi connectivity index (χ0) is 20.1. The number of alkyl halides is 1. The van der Waals surface area contributed by atoms with Crippen molar-refractivity contribution in [1.29, 1.82) is 0 Å². The van der Waals surface area contributed by atoms with Crippen molar-refractivity contribution in [2.75, 3.05) is 0 Å². The van der Waals surface area contributed by atoms with Crippen LogP contribution in [0.15, 0.2) is 54.6 Å². The van der Waals surface area contributed by atoms with Crippen LogP contribution < -0.4 is 9.47 Å². The molecular formula is C21H19F2NO4. The summed E-state index contributed by atoms with van der Waals surface area (Å²) < 4.78 is 38.7. The predicted molar refractivity (Wildman–Crippen MR) is 100.0 cm³/mol. The summed E-state index contributed by atoms with van der Waals surface area (Å²) in [6.45, 7) is 1.90. The van der Waals surface area contributed by atoms with Crippen LogP contribution in [0.5, 0.6) is 11.5 Å². The van der Waals surface area contributed by atoms with Crippen molar-refractivity contribution in [3.8, 4) is 11.5 Å². The molecule has 0 radical (unpaired) electrons. The normalized spacial score (nSPS) is 13.1. The molecule has 28 heavy (non-hydrogen) atoms. The summed E-state index contributed by atoms with van der Waals surface area (Å²) in [4.78, 5) is 15.1. The van der Waals surface area contributed by atoms with Gasteiger partial charge in [0.15, 0.2) is 6.10 Å². The van der Waals surface area contributed by atoms with Crippen LogP contribution in [0.1, 0.15) is 30.3 Å². The molecule has 3 rings (SSSR count). The van der Waals surface area contributed by atoms with E-state index in [0.717, 1.165) is 0 Å². The Morgan fingerprint density at radius 3 is 2.46 bits per heavy atom. The number of ether oxygens (including phenoxy) is 2. The molecule has 0 fully saturated rings. The van der Waals surface area contributed by atoms with Crippen LogP contribution in [-0.2, 0) is 0 Å². The van der Waals surface area contributed by atoms with Crippen LogP contribution in [0.25, 0.3) is 10.9 Å². The van der Waals surface area contributed by atoms with Gasteiger partial charge in [0, 0.05) is 5.39 Å². The third-order valence-electron chi connectivity index (χ3n) is 4.10. The van der Waals surface area contributed by atoms with Crippen molar-refractivity contribution in [2.45, 2.75) is 32.2 Å². The van der Waals surface area contributed by atoms with Gasteiger partial charge in [-0.05, 0) is 55.0 Å². The van der Waals surface area contributed by atoms with Gasteiger partial charge in [-0.3, -0.25) is 0 Å². The minimum atomic E-state index is -1.74. The Hall–Kier alpha value is -3.22. The Balaban J connectivity index is 1.76. The molecule has 2 aromatic carbocycles. The Morgan fingerprint density at radius 1 is 1.07 bits per heavy atom. The van der Waals surface area contributed by atoms with Crippen LogP contribution in [0.3, 0.4) is 0 Å². The largest absolute Gasteiger partial charge is 0.484 e. The standard InChI is InChI=1S/C21H19F2NO4/c1-2-3-19(20(23)28-15-7-5-14(22)6-8-15)27-16-9-11-17-13(12-16)4-10-18(24-17)21(25)26/h4-12,19-20H,2-3H2,1H3,(H,25,26). The maximum absolute atomic E-state index is 14.7. The van der Waals surface area contributed by atoms with E-state index in [1.54, 1.807) is 24.3 Å². The zero-order valence-electron chi connectivity index (χ0n) is 15.1. The maximum atomic E-state index is 14.7. The van der Waals surface area contributed by atoms with E-state index in [-0.39, 0.29) is 11.4 Å². The van der Waals surface area contributed by atoms with Crippen LogP contribution in [0.4, 0.5) is 8.78 Å². The Labute approximate surface area is 160 Å². The minimum Gasteiger partial charge on any atom is -0.484 e. The molecule has 0 spiro atoms. The van der Waals surface area contributed by atoms with Crippen LogP contribution in [0, 0.1) is 5.82 Å². The fourth-order valence-electron chi connectivity index (χ4n) is 2.72. The van der Waals surface area contributed by atoms with Gasteiger partial charge < -0.3 is 14.6 Å². The van der Waals surface area contributed by atoms with Crippen molar-refractivity contribution in [2.24, 2.45) is 0 Å². The van der Waals surface area contributed by atoms with Crippen LogP contribution in [-0.4, -0.2) is 28.5 Å². The lowest BCUT2D eigenvalue weighted by Crippen LogP contribution is -2.33. The molecule has 2 unspecified atom stereocenters. The van der Waals surface area contributed by atoms with Crippen molar-refractivity contribution < 1.29 is 28.2 Å². The van der Waals surface area contributed by atoms with E-state index < -0.39 is 24.2 Å². The molecular weight excluding hydrogens is 368 g/mol. The summed E-state index contributed by atoms with van der Waals surface area (Å²) in [5.74, 6) is -0.910. The number of carbonyl (C=O) groups is 1. The molecule has 0 amide bonds. The van der Waals surface area contributed by atoms with Crippen molar-refractivity contribution in [1.82, 2.24) is 4.98 Å². The quantitative estimate of drug-likeness (QED) is 0.589. The maximum Gasteiger partial charge on any atom is 0.354 e. The second-order valence-electron chi connectivity index (χ2n) is 6.22. The van der Waals surface area contributed by atoms with Gasteiger partial charge in [-0.1, -0.05) is 19.4 Å². The molecule has 0 bridgehead atoms. The molecule has 1 N–H and O–H groups in total. The first-order valence-corrected chi connectivity index (χ1v) is 8.83. The Morgan fingerprint density at radius 2 is 1.79 bits per heavy atom. The summed E-state index contributed by atoms with van der Waals surface area (Å²) in [6.07, 6.45) is -1.52. The highest BCUT2D eigenvalue weighted by atomic mass is 19.1. The number of rotatable bonds is 8. The highest BCUT2D eigenvalue weighted by molar-refractivity contribution is 5.90. The third kappa shape index (κ3) is 4.73. The number of aromatic nitrogens is 1. The highest BCUT2D eigenvalue weighted by Gasteiger charge is 2.24. The van der Waals surface area contributed by atoms with Gasteiger partial charge in [0.2, 0.25) is 0 Å². The van der Waals surface area contributed by atoms with E-state index in [1.807, 2.05) is 6.92 Å². The SMILES string of the molecule is CCCC(Oc1ccc2nc(C(=O)O)ccc2c1)C(F)Oc1ccc(F)cc1. The lowest BCUT2D eigenvalue weighted by atomic mass is 10.1. The molecule has 146 valence electrons. The topological polar surface area (TPSA) is 68.7 Å². The van der Waals surface area contributed by atoms with Gasteiger partial charge in [0.05, 0.1) is 5.52 Å². The lowest BCUT2D eigenvalue weighted by molar-refractivity contribution is -0.0371. The van der Waals surface area contributed by atoms with E-state index in [0.29, 0.717) is 29.5 Å². The fraction of sp³-hybridized carbons (Fsp3) is 0.238. The van der Waals surface area contributed by atoms with Gasteiger partial charge in [0.25, 0.3) is 6.36 Å². The summed E-state index contributed by atoms with van der Waals surface area (Å²) >= 11 is 0. The first kappa shape index (κ1) is 19.5. The van der Waals surface area contributed by atoms with E-state index >= 15 is 0 Å². The second kappa shape index (κ2) is 8.65. The number of carboxylic acids is 1. The summed E-state index contributed by atoms with van der Waals surface area (Å²) in [6, 6.07) is 13.0. The first-order valence-electron chi connectivity index (χ1n) is 8.83. The van der Waals surface area contributed by atoms with E-state index in [9.17, 15) is 13.6 Å². The Bertz CT molecular complexity index is 962. The van der Waals surface area contributed by atoms with E-state index in [1.165, 1.54) is 30.3 Å². The number of nitrogens with zero attached hydrogens (tertiary/aromatic N) is 1. The molecule has 0 aliphatic rings. The monoisotopic (exact) mass is 387 g/mol. The lowest BCUT2D eigenvalue weighted by Gasteiger charge is -2.23. The first-order chi connectivity index (χ1) is 13.5. The second-order valence-corrected chi connectivity index (χ2v) is 6.22. The number of aromatic carboxylic acids is 1. The zero-order valence-corrected chi connectivity index (χ0v) is 15.1. The average molecular weight is 387 g/mol. The molecule has 7 heteroatoms. The molecule has 2 atom stereocenters. The Kier molecular flexibility index (Phi) is 6.03. The number of hydrogen-bond donors (Lipinski definition) is 1. The average Bonchev–Trinajstić information content (AvgIpc) is 2.68. The van der Waals surface area contributed by atoms with Gasteiger partial charge in [-0.2, -0.15) is 4.39 Å². The van der Waals surface area contributed by atoms with Crippen LogP contribution in [0.2, 0.25) is 0 Å². The number of fused-ring (bicyclic) bond motifs is 1. The smallest absolute Gasteiger partial charge is 0.354 e. The molecule has 0 saturated carbocycles. The van der Waals surface area contributed by atoms with Gasteiger partial charge >= 0.3 is 5.97 Å². The van der Waals surface area contributed by atoms with Gasteiger partial charge in [-0.15, -0.1) is 0 Å². The van der Waals surface area contributed by atoms with Crippen molar-refractivity contribution in [3.05, 3.63) is 66.1 Å². The molecule has 1 aromatic heterocycles. The van der Waals surface area contributed by atoms with Gasteiger partial charge in [0.1, 0.15) is 23.0 Å². The molecule has 0 aliphatic heterocycles. The molecule has 0 aliphatic carbocycles. The van der Waals surface area contributed by atoms with Crippen molar-refractivity contribution >= 4 is 16.9 Å². The fourth-order valence-corrected chi connectivity index (χ4v) is 2.72. The summed E-state index contributed by atoms with van der Waals surface area (Å²) in [7, 11) is 0. The number of carboxylic acid groups (broad SMARTS) is 1. The predicted octanol–water partition coefficient (Wildman–Crippen LogP) is 4.99. The minimum absolute atomic E-state index is 0.0541. The molecule has 5 nitrogen and oxygen atoms in total. The van der Waals surface area contributed by atoms with E-state index in [2.05, 4.69) is 4.98 Å². The molecule has 3 aromatic rings. The van der Waals surface area contributed by atoms with Crippen molar-refractivity contribution in [3.63, 3.8) is 0 Å². The third-order valence-corrected chi connectivity index (χ3v) is 4.10. The number of benzene rings is 2. The van der Waals surface area contributed by atoms with E-state index in [4.69, 9.17) is 14.6 Å². The summed E-state index contributed by atoms with van der Waals surface area (Å²) in [5, 5.41) is 9.68. The van der Waals surface area contributed by atoms with Gasteiger partial charge in [-0.25, -0.2) is 14.2 Å². The molecule has 1 heterocycles. The number of pyridine rings is 1.